The van der Waals surface area contributed by atoms with Crippen LogP contribution in [0.5, 0.6) is 0 Å². The molecule has 0 aliphatic carbocycles. The molecule has 0 bridgehead atoms. The lowest BCUT2D eigenvalue weighted by molar-refractivity contribution is 0.403. The molecule has 2 rings (SSSR count). The van der Waals surface area contributed by atoms with Crippen LogP contribution in [-0.4, -0.2) is 13.1 Å². The zero-order chi connectivity index (χ0) is 11.4. The van der Waals surface area contributed by atoms with E-state index in [1.54, 1.807) is 12.1 Å². The number of nitrogens with one attached hydrogen (secondary N) is 1. The van der Waals surface area contributed by atoms with Gasteiger partial charge in [-0.3, -0.25) is 0 Å². The molecule has 1 aliphatic rings. The van der Waals surface area contributed by atoms with Gasteiger partial charge in [-0.15, -0.1) is 0 Å². The fraction of sp³-hybridized carbons (Fsp3) is 0.571. The first-order valence-electron chi connectivity index (χ1n) is 6.23. The minimum absolute atomic E-state index is 0.140. The van der Waals surface area contributed by atoms with Crippen molar-refractivity contribution < 1.29 is 4.39 Å². The second-order valence-corrected chi connectivity index (χ2v) is 4.78. The van der Waals surface area contributed by atoms with Gasteiger partial charge in [-0.2, -0.15) is 0 Å². The predicted molar refractivity (Wildman–Crippen MR) is 65.0 cm³/mol. The highest BCUT2D eigenvalue weighted by atomic mass is 19.1. The van der Waals surface area contributed by atoms with Gasteiger partial charge in [0, 0.05) is 0 Å². The van der Waals surface area contributed by atoms with Crippen molar-refractivity contribution in [1.29, 1.82) is 0 Å². The lowest BCUT2D eigenvalue weighted by Crippen LogP contribution is -2.15. The zero-order valence-electron chi connectivity index (χ0n) is 9.88. The molecule has 2 unspecified atom stereocenters. The minimum atomic E-state index is -0.140. The summed E-state index contributed by atoms with van der Waals surface area (Å²) in [4.78, 5) is 0. The fourth-order valence-corrected chi connectivity index (χ4v) is 2.58. The van der Waals surface area contributed by atoms with E-state index in [9.17, 15) is 4.39 Å². The van der Waals surface area contributed by atoms with E-state index in [1.165, 1.54) is 24.8 Å². The van der Waals surface area contributed by atoms with Crippen LogP contribution >= 0.6 is 0 Å². The molecule has 0 aromatic heterocycles. The maximum Gasteiger partial charge on any atom is 0.123 e. The summed E-state index contributed by atoms with van der Waals surface area (Å²) in [6, 6.07) is 7.00. The molecule has 0 saturated carbocycles. The smallest absolute Gasteiger partial charge is 0.123 e. The molecular weight excluding hydrogens is 201 g/mol. The lowest BCUT2D eigenvalue weighted by atomic mass is 9.83. The van der Waals surface area contributed by atoms with E-state index in [0.29, 0.717) is 5.92 Å². The molecule has 88 valence electrons. The highest BCUT2D eigenvalue weighted by Gasteiger charge is 2.20. The second-order valence-electron chi connectivity index (χ2n) is 4.78. The maximum atomic E-state index is 12.8. The fourth-order valence-electron chi connectivity index (χ4n) is 2.58. The average molecular weight is 221 g/mol. The Balaban J connectivity index is 2.04. The van der Waals surface area contributed by atoms with Gasteiger partial charge in [0.2, 0.25) is 0 Å². The summed E-state index contributed by atoms with van der Waals surface area (Å²) >= 11 is 0. The van der Waals surface area contributed by atoms with Gasteiger partial charge in [0.1, 0.15) is 5.82 Å². The van der Waals surface area contributed by atoms with Gasteiger partial charge in [0.25, 0.3) is 0 Å². The first-order chi connectivity index (χ1) is 7.77. The highest BCUT2D eigenvalue weighted by molar-refractivity contribution is 5.20. The van der Waals surface area contributed by atoms with E-state index in [2.05, 4.69) is 12.2 Å². The molecule has 0 spiro atoms. The average Bonchev–Trinajstić information content (AvgIpc) is 2.57. The molecule has 1 saturated heterocycles. The van der Waals surface area contributed by atoms with Gasteiger partial charge >= 0.3 is 0 Å². The SMILES string of the molecule is CC(c1ccc(F)cc1)C1CCCNCC1. The van der Waals surface area contributed by atoms with Gasteiger partial charge in [-0.25, -0.2) is 4.39 Å². The lowest BCUT2D eigenvalue weighted by Gasteiger charge is -2.22. The summed E-state index contributed by atoms with van der Waals surface area (Å²) in [7, 11) is 0. The summed E-state index contributed by atoms with van der Waals surface area (Å²) < 4.78 is 12.8. The molecule has 1 fully saturated rings. The molecule has 1 aliphatic heterocycles. The van der Waals surface area contributed by atoms with Crippen molar-refractivity contribution in [3.05, 3.63) is 35.6 Å². The first-order valence-corrected chi connectivity index (χ1v) is 6.23. The van der Waals surface area contributed by atoms with Crippen LogP contribution in [0.25, 0.3) is 0 Å². The van der Waals surface area contributed by atoms with Crippen LogP contribution in [0.3, 0.4) is 0 Å². The summed E-state index contributed by atoms with van der Waals surface area (Å²) in [5.41, 5.74) is 1.27. The third-order valence-corrected chi connectivity index (χ3v) is 3.72. The largest absolute Gasteiger partial charge is 0.317 e. The maximum absolute atomic E-state index is 12.8. The Kier molecular flexibility index (Phi) is 3.94. The summed E-state index contributed by atoms with van der Waals surface area (Å²) in [5.74, 6) is 1.14. The number of hydrogen-bond donors (Lipinski definition) is 1. The predicted octanol–water partition coefficient (Wildman–Crippen LogP) is 3.32. The third-order valence-electron chi connectivity index (χ3n) is 3.72. The van der Waals surface area contributed by atoms with E-state index in [1.807, 2.05) is 12.1 Å². The van der Waals surface area contributed by atoms with Crippen LogP contribution in [-0.2, 0) is 0 Å². The number of rotatable bonds is 2. The molecule has 0 radical (unpaired) electrons. The molecule has 2 heteroatoms. The van der Waals surface area contributed by atoms with E-state index < -0.39 is 0 Å². The number of benzene rings is 1. The summed E-state index contributed by atoms with van der Waals surface area (Å²) in [6.07, 6.45) is 3.78. The molecule has 16 heavy (non-hydrogen) atoms. The third kappa shape index (κ3) is 2.82. The van der Waals surface area contributed by atoms with E-state index in [0.717, 1.165) is 19.0 Å². The van der Waals surface area contributed by atoms with Gasteiger partial charge in [0.05, 0.1) is 0 Å². The van der Waals surface area contributed by atoms with Gasteiger partial charge < -0.3 is 5.32 Å². The van der Waals surface area contributed by atoms with Crippen molar-refractivity contribution in [3.8, 4) is 0 Å². The van der Waals surface area contributed by atoms with E-state index in [-0.39, 0.29) is 5.82 Å². The van der Waals surface area contributed by atoms with Crippen LogP contribution in [0.2, 0.25) is 0 Å². The quantitative estimate of drug-likeness (QED) is 0.807. The number of hydrogen-bond acceptors (Lipinski definition) is 1. The van der Waals surface area contributed by atoms with Gasteiger partial charge in [-0.05, 0) is 61.9 Å². The molecule has 1 heterocycles. The van der Waals surface area contributed by atoms with Gasteiger partial charge in [-0.1, -0.05) is 19.1 Å². The standard InChI is InChI=1S/C14H20FN/c1-11(12-3-2-9-16-10-8-12)13-4-6-14(15)7-5-13/h4-7,11-12,16H,2-3,8-10H2,1H3. The van der Waals surface area contributed by atoms with E-state index >= 15 is 0 Å². The van der Waals surface area contributed by atoms with Crippen LogP contribution < -0.4 is 5.32 Å². The monoisotopic (exact) mass is 221 g/mol. The Bertz CT molecular complexity index is 312. The van der Waals surface area contributed by atoms with Crippen molar-refractivity contribution in [2.24, 2.45) is 5.92 Å². The van der Waals surface area contributed by atoms with Crippen molar-refractivity contribution in [2.75, 3.05) is 13.1 Å². The number of halogens is 1. The molecule has 1 aromatic carbocycles. The van der Waals surface area contributed by atoms with Crippen LogP contribution in [0.4, 0.5) is 4.39 Å². The van der Waals surface area contributed by atoms with Crippen molar-refractivity contribution in [1.82, 2.24) is 5.32 Å². The van der Waals surface area contributed by atoms with Gasteiger partial charge in [0.15, 0.2) is 0 Å². The highest BCUT2D eigenvalue weighted by Crippen LogP contribution is 2.31. The summed E-state index contributed by atoms with van der Waals surface area (Å²) in [6.45, 7) is 4.53. The molecule has 1 nitrogen and oxygen atoms in total. The molecule has 1 N–H and O–H groups in total. The zero-order valence-corrected chi connectivity index (χ0v) is 9.88. The van der Waals surface area contributed by atoms with Crippen molar-refractivity contribution >= 4 is 0 Å². The molecule has 0 amide bonds. The summed E-state index contributed by atoms with van der Waals surface area (Å²) in [5, 5.41) is 3.43. The Morgan fingerprint density at radius 2 is 1.94 bits per heavy atom. The first kappa shape index (κ1) is 11.6. The second kappa shape index (κ2) is 5.44. The van der Waals surface area contributed by atoms with Crippen LogP contribution in [0, 0.1) is 11.7 Å². The minimum Gasteiger partial charge on any atom is -0.317 e. The van der Waals surface area contributed by atoms with Crippen LogP contribution in [0.15, 0.2) is 24.3 Å². The Hall–Kier alpha value is -0.890. The van der Waals surface area contributed by atoms with Crippen LogP contribution in [0.1, 0.15) is 37.7 Å². The Labute approximate surface area is 97.1 Å². The Morgan fingerprint density at radius 1 is 1.19 bits per heavy atom. The van der Waals surface area contributed by atoms with Crippen molar-refractivity contribution in [3.63, 3.8) is 0 Å². The van der Waals surface area contributed by atoms with Crippen molar-refractivity contribution in [2.45, 2.75) is 32.1 Å². The molecular formula is C14H20FN. The topological polar surface area (TPSA) is 12.0 Å². The van der Waals surface area contributed by atoms with E-state index in [4.69, 9.17) is 0 Å². The molecule has 2 atom stereocenters. The Morgan fingerprint density at radius 3 is 2.69 bits per heavy atom. The molecule has 1 aromatic rings. The normalized spacial score (nSPS) is 23.8.